The summed E-state index contributed by atoms with van der Waals surface area (Å²) >= 11 is 10.4. The smallest absolute Gasteiger partial charge is 0.282 e. The number of anilines is 1. The number of ether oxygens (including phenoxy) is 3. The topological polar surface area (TPSA) is 104 Å². The Morgan fingerprint density at radius 2 is 1.69 bits per heavy atom. The number of benzene rings is 4. The Kier molecular flexibility index (Phi) is 11.4. The number of hydrogen-bond acceptors (Lipinski definition) is 7. The molecule has 0 saturated carbocycles. The van der Waals surface area contributed by atoms with Gasteiger partial charge in [-0.25, -0.2) is 4.98 Å². The van der Waals surface area contributed by atoms with E-state index in [0.717, 1.165) is 28.0 Å². The van der Waals surface area contributed by atoms with Gasteiger partial charge in [-0.15, -0.1) is 0 Å². The molecular formula is C38H38BrClN4O5. The zero-order valence-corrected chi connectivity index (χ0v) is 30.6. The maximum atomic E-state index is 14.0. The Labute approximate surface area is 299 Å². The first-order valence-corrected chi connectivity index (χ1v) is 17.2. The van der Waals surface area contributed by atoms with Gasteiger partial charge < -0.3 is 19.5 Å². The van der Waals surface area contributed by atoms with E-state index in [1.807, 2.05) is 76.2 Å². The maximum absolute atomic E-state index is 14.0. The largest absolute Gasteiger partial charge is 0.494 e. The van der Waals surface area contributed by atoms with Gasteiger partial charge in [-0.3, -0.25) is 9.59 Å². The van der Waals surface area contributed by atoms with Crippen LogP contribution in [0.25, 0.3) is 22.3 Å². The molecule has 11 heteroatoms. The van der Waals surface area contributed by atoms with Crippen LogP contribution in [0.4, 0.5) is 5.69 Å². The highest BCUT2D eigenvalue weighted by molar-refractivity contribution is 9.10. The van der Waals surface area contributed by atoms with Crippen LogP contribution in [0.2, 0.25) is 5.02 Å². The SMILES string of the molecule is CCOc1cc(C)c(-c2nc3ccccc3c(=O)n2N=Cc2cc(OCC)c(OCC(=O)Nc3ccc(C)cc3)c(Cl)c2Br)cc1C(C)C. The lowest BCUT2D eigenvalue weighted by atomic mass is 9.96. The number of para-hydroxylation sites is 1. The van der Waals surface area contributed by atoms with Crippen LogP contribution in [0.1, 0.15) is 55.9 Å². The summed E-state index contributed by atoms with van der Waals surface area (Å²) in [6.45, 7) is 12.5. The molecule has 1 N–H and O–H groups in total. The predicted octanol–water partition coefficient (Wildman–Crippen LogP) is 8.92. The molecule has 0 aliphatic carbocycles. The van der Waals surface area contributed by atoms with Crippen LogP contribution in [0, 0.1) is 13.8 Å². The van der Waals surface area contributed by atoms with E-state index in [1.165, 1.54) is 10.9 Å². The van der Waals surface area contributed by atoms with E-state index >= 15 is 0 Å². The molecule has 1 heterocycles. The summed E-state index contributed by atoms with van der Waals surface area (Å²) in [7, 11) is 0. The molecule has 0 aliphatic heterocycles. The lowest BCUT2D eigenvalue weighted by Crippen LogP contribution is -2.21. The van der Waals surface area contributed by atoms with Gasteiger partial charge in [0, 0.05) is 21.3 Å². The average molecular weight is 746 g/mol. The van der Waals surface area contributed by atoms with Crippen LogP contribution in [0.3, 0.4) is 0 Å². The van der Waals surface area contributed by atoms with Crippen molar-refractivity contribution in [1.29, 1.82) is 0 Å². The van der Waals surface area contributed by atoms with E-state index in [9.17, 15) is 9.59 Å². The van der Waals surface area contributed by atoms with Crippen molar-refractivity contribution < 1.29 is 19.0 Å². The summed E-state index contributed by atoms with van der Waals surface area (Å²) in [6.07, 6.45) is 1.51. The monoisotopic (exact) mass is 744 g/mol. The number of hydrogen-bond donors (Lipinski definition) is 1. The first-order valence-electron chi connectivity index (χ1n) is 16.0. The zero-order chi connectivity index (χ0) is 35.2. The molecule has 0 radical (unpaired) electrons. The number of halogens is 2. The number of nitrogens with one attached hydrogen (secondary N) is 1. The van der Waals surface area contributed by atoms with Crippen molar-refractivity contribution in [2.24, 2.45) is 5.10 Å². The summed E-state index contributed by atoms with van der Waals surface area (Å²) in [6, 6.07) is 20.3. The molecule has 9 nitrogen and oxygen atoms in total. The molecular weight excluding hydrogens is 708 g/mol. The minimum atomic E-state index is -0.356. The van der Waals surface area contributed by atoms with Gasteiger partial charge in [0.2, 0.25) is 0 Å². The predicted molar refractivity (Wildman–Crippen MR) is 200 cm³/mol. The van der Waals surface area contributed by atoms with Crippen molar-refractivity contribution in [1.82, 2.24) is 9.66 Å². The Hall–Kier alpha value is -4.67. The number of aryl methyl sites for hydroxylation is 2. The molecule has 5 aromatic rings. The molecule has 5 rings (SSSR count). The van der Waals surface area contributed by atoms with E-state index in [0.29, 0.717) is 51.4 Å². The second kappa shape index (κ2) is 15.7. The quantitative estimate of drug-likeness (QED) is 0.128. The molecule has 0 spiro atoms. The number of nitrogens with zero attached hydrogens (tertiary/aromatic N) is 3. The Morgan fingerprint density at radius 1 is 1.00 bits per heavy atom. The minimum Gasteiger partial charge on any atom is -0.494 e. The van der Waals surface area contributed by atoms with Crippen LogP contribution in [-0.2, 0) is 4.79 Å². The van der Waals surface area contributed by atoms with Gasteiger partial charge in [0.1, 0.15) is 10.8 Å². The molecule has 4 aromatic carbocycles. The number of carbonyl (C=O) groups is 1. The third-order valence-electron chi connectivity index (χ3n) is 7.72. The van der Waals surface area contributed by atoms with Crippen LogP contribution >= 0.6 is 27.5 Å². The lowest BCUT2D eigenvalue weighted by Gasteiger charge is -2.18. The van der Waals surface area contributed by atoms with Crippen molar-refractivity contribution in [2.45, 2.75) is 47.5 Å². The van der Waals surface area contributed by atoms with Crippen molar-refractivity contribution in [3.63, 3.8) is 0 Å². The standard InChI is InChI=1S/C38H38BrClN4O5/c1-7-47-31-17-24(6)29(19-28(31)22(3)4)37-43-30-12-10-9-11-27(30)38(46)44(37)41-20-25-18-32(48-8-2)36(35(40)34(25)39)49-21-33(45)42-26-15-13-23(5)14-16-26/h9-20,22H,7-8,21H2,1-6H3,(H,42,45). The minimum absolute atomic E-state index is 0.162. The molecule has 0 fully saturated rings. The number of fused-ring (bicyclic) bond motifs is 1. The van der Waals surface area contributed by atoms with Gasteiger partial charge in [-0.05, 0) is 103 Å². The lowest BCUT2D eigenvalue weighted by molar-refractivity contribution is -0.118. The van der Waals surface area contributed by atoms with Crippen LogP contribution in [0.5, 0.6) is 17.2 Å². The van der Waals surface area contributed by atoms with Crippen LogP contribution < -0.4 is 25.1 Å². The van der Waals surface area contributed by atoms with E-state index < -0.39 is 0 Å². The summed E-state index contributed by atoms with van der Waals surface area (Å²) in [5.74, 6) is 1.50. The van der Waals surface area contributed by atoms with E-state index in [1.54, 1.807) is 18.2 Å². The molecule has 49 heavy (non-hydrogen) atoms. The molecule has 0 unspecified atom stereocenters. The third kappa shape index (κ3) is 7.98. The Morgan fingerprint density at radius 3 is 2.39 bits per heavy atom. The molecule has 1 amide bonds. The average Bonchev–Trinajstić information content (AvgIpc) is 3.07. The number of rotatable bonds is 12. The fourth-order valence-corrected chi connectivity index (χ4v) is 5.92. The molecule has 254 valence electrons. The second-order valence-corrected chi connectivity index (χ2v) is 12.8. The Balaban J connectivity index is 1.55. The number of amides is 1. The van der Waals surface area contributed by atoms with Gasteiger partial charge in [0.15, 0.2) is 23.9 Å². The number of carbonyl (C=O) groups excluding carboxylic acids is 1. The molecule has 1 aromatic heterocycles. The van der Waals surface area contributed by atoms with E-state index in [-0.39, 0.29) is 34.8 Å². The van der Waals surface area contributed by atoms with Crippen molar-refractivity contribution in [3.05, 3.63) is 109 Å². The second-order valence-electron chi connectivity index (χ2n) is 11.7. The van der Waals surface area contributed by atoms with Crippen molar-refractivity contribution in [3.8, 4) is 28.6 Å². The first-order chi connectivity index (χ1) is 23.5. The normalized spacial score (nSPS) is 11.4. The van der Waals surface area contributed by atoms with Gasteiger partial charge in [0.25, 0.3) is 11.5 Å². The highest BCUT2D eigenvalue weighted by atomic mass is 79.9. The third-order valence-corrected chi connectivity index (χ3v) is 9.17. The highest BCUT2D eigenvalue weighted by Crippen LogP contribution is 2.42. The number of aromatic nitrogens is 2. The van der Waals surface area contributed by atoms with Gasteiger partial charge in [0.05, 0.1) is 30.3 Å². The van der Waals surface area contributed by atoms with Crippen molar-refractivity contribution in [2.75, 3.05) is 25.1 Å². The maximum Gasteiger partial charge on any atom is 0.282 e. The summed E-state index contributed by atoms with van der Waals surface area (Å²) < 4.78 is 19.4. The van der Waals surface area contributed by atoms with Gasteiger partial charge >= 0.3 is 0 Å². The molecule has 0 saturated heterocycles. The van der Waals surface area contributed by atoms with Crippen LogP contribution in [0.15, 0.2) is 81.1 Å². The molecule has 0 atom stereocenters. The van der Waals surface area contributed by atoms with E-state index in [4.69, 9.17) is 30.8 Å². The van der Waals surface area contributed by atoms with Crippen molar-refractivity contribution >= 4 is 56.2 Å². The van der Waals surface area contributed by atoms with Gasteiger partial charge in [-0.1, -0.05) is 55.3 Å². The summed E-state index contributed by atoms with van der Waals surface area (Å²) in [5, 5.41) is 8.09. The summed E-state index contributed by atoms with van der Waals surface area (Å²) in [4.78, 5) is 31.6. The van der Waals surface area contributed by atoms with Gasteiger partial charge in [-0.2, -0.15) is 9.78 Å². The molecule has 0 bridgehead atoms. The van der Waals surface area contributed by atoms with Crippen LogP contribution in [-0.4, -0.2) is 41.6 Å². The first kappa shape index (κ1) is 35.6. The Bertz CT molecular complexity index is 2090. The fraction of sp³-hybridized carbons (Fsp3) is 0.263. The fourth-order valence-electron chi connectivity index (χ4n) is 5.26. The van der Waals surface area contributed by atoms with E-state index in [2.05, 4.69) is 40.2 Å². The zero-order valence-electron chi connectivity index (χ0n) is 28.3. The molecule has 0 aliphatic rings. The summed E-state index contributed by atoms with van der Waals surface area (Å²) in [5.41, 5.74) is 5.12. The highest BCUT2D eigenvalue weighted by Gasteiger charge is 2.21.